The maximum Gasteiger partial charge on any atom is 0.196 e. The summed E-state index contributed by atoms with van der Waals surface area (Å²) >= 11 is 3.07. The fraction of sp³-hybridized carbons (Fsp3) is 0.188. The SMILES string of the molecule is COCCOc1ccccc1C(=O)c1ccc(Br)c(F)c1. The largest absolute Gasteiger partial charge is 0.490 e. The van der Waals surface area contributed by atoms with Gasteiger partial charge in [-0.05, 0) is 46.3 Å². The molecule has 0 unspecified atom stereocenters. The van der Waals surface area contributed by atoms with Crippen molar-refractivity contribution in [1.82, 2.24) is 0 Å². The zero-order chi connectivity index (χ0) is 15.2. The molecule has 0 fully saturated rings. The molecule has 0 bridgehead atoms. The van der Waals surface area contributed by atoms with Crippen LogP contribution in [0.2, 0.25) is 0 Å². The van der Waals surface area contributed by atoms with Gasteiger partial charge in [0.05, 0.1) is 16.6 Å². The Morgan fingerprint density at radius 3 is 2.67 bits per heavy atom. The molecule has 2 aromatic rings. The van der Waals surface area contributed by atoms with E-state index in [9.17, 15) is 9.18 Å². The van der Waals surface area contributed by atoms with Gasteiger partial charge in [0.25, 0.3) is 0 Å². The molecule has 110 valence electrons. The van der Waals surface area contributed by atoms with Crippen LogP contribution >= 0.6 is 15.9 Å². The fourth-order valence-corrected chi connectivity index (χ4v) is 2.05. The first kappa shape index (κ1) is 15.7. The molecule has 0 heterocycles. The lowest BCUT2D eigenvalue weighted by atomic mass is 10.0. The summed E-state index contributed by atoms with van der Waals surface area (Å²) in [6, 6.07) is 11.2. The van der Waals surface area contributed by atoms with E-state index in [0.717, 1.165) is 0 Å². The van der Waals surface area contributed by atoms with Crippen LogP contribution in [-0.4, -0.2) is 26.1 Å². The minimum Gasteiger partial charge on any atom is -0.490 e. The van der Waals surface area contributed by atoms with Crippen LogP contribution in [0, 0.1) is 5.82 Å². The number of hydrogen-bond donors (Lipinski definition) is 0. The van der Waals surface area contributed by atoms with Crippen molar-refractivity contribution in [2.75, 3.05) is 20.3 Å². The highest BCUT2D eigenvalue weighted by Crippen LogP contribution is 2.23. The Balaban J connectivity index is 2.27. The number of carbonyl (C=O) groups excluding carboxylic acids is 1. The Kier molecular flexibility index (Phi) is 5.47. The molecule has 0 atom stereocenters. The van der Waals surface area contributed by atoms with E-state index in [-0.39, 0.29) is 11.3 Å². The van der Waals surface area contributed by atoms with Gasteiger partial charge in [-0.15, -0.1) is 0 Å². The number of carbonyl (C=O) groups is 1. The molecule has 3 nitrogen and oxygen atoms in total. The van der Waals surface area contributed by atoms with Gasteiger partial charge in [-0.1, -0.05) is 12.1 Å². The third kappa shape index (κ3) is 3.89. The average Bonchev–Trinajstić information content (AvgIpc) is 2.50. The van der Waals surface area contributed by atoms with Crippen molar-refractivity contribution in [3.05, 3.63) is 63.9 Å². The Bertz CT molecular complexity index is 643. The van der Waals surface area contributed by atoms with Crippen LogP contribution in [0.5, 0.6) is 5.75 Å². The van der Waals surface area contributed by atoms with E-state index < -0.39 is 5.82 Å². The Hall–Kier alpha value is -1.72. The maximum absolute atomic E-state index is 13.6. The molecule has 0 aliphatic heterocycles. The first-order valence-corrected chi connectivity index (χ1v) is 7.13. The standard InChI is InChI=1S/C16H14BrFO3/c1-20-8-9-21-15-5-3-2-4-12(15)16(19)11-6-7-13(17)14(18)10-11/h2-7,10H,8-9H2,1H3. The van der Waals surface area contributed by atoms with Crippen LogP contribution < -0.4 is 4.74 Å². The van der Waals surface area contributed by atoms with Gasteiger partial charge in [-0.3, -0.25) is 4.79 Å². The second-order valence-corrected chi connectivity index (χ2v) is 5.15. The lowest BCUT2D eigenvalue weighted by molar-refractivity contribution is 0.103. The minimum absolute atomic E-state index is 0.276. The first-order chi connectivity index (χ1) is 10.1. The highest BCUT2D eigenvalue weighted by molar-refractivity contribution is 9.10. The average molecular weight is 353 g/mol. The molecular weight excluding hydrogens is 339 g/mol. The van der Waals surface area contributed by atoms with Crippen molar-refractivity contribution in [2.45, 2.75) is 0 Å². The predicted molar refractivity (Wildman–Crippen MR) is 81.3 cm³/mol. The van der Waals surface area contributed by atoms with Crippen LogP contribution in [0.4, 0.5) is 4.39 Å². The van der Waals surface area contributed by atoms with Gasteiger partial charge in [0.1, 0.15) is 18.2 Å². The molecule has 0 spiro atoms. The number of ether oxygens (including phenoxy) is 2. The number of ketones is 1. The topological polar surface area (TPSA) is 35.5 Å². The summed E-state index contributed by atoms with van der Waals surface area (Å²) in [5, 5.41) is 0. The van der Waals surface area contributed by atoms with Crippen molar-refractivity contribution in [1.29, 1.82) is 0 Å². The lowest BCUT2D eigenvalue weighted by Crippen LogP contribution is -2.09. The van der Waals surface area contributed by atoms with Crippen LogP contribution in [0.15, 0.2) is 46.9 Å². The van der Waals surface area contributed by atoms with E-state index in [4.69, 9.17) is 9.47 Å². The van der Waals surface area contributed by atoms with Crippen LogP contribution in [0.25, 0.3) is 0 Å². The predicted octanol–water partition coefficient (Wildman–Crippen LogP) is 3.84. The summed E-state index contributed by atoms with van der Waals surface area (Å²) in [6.45, 7) is 0.769. The van der Waals surface area contributed by atoms with Gasteiger partial charge < -0.3 is 9.47 Å². The number of halogens is 2. The van der Waals surface area contributed by atoms with Gasteiger partial charge in [0.2, 0.25) is 0 Å². The lowest BCUT2D eigenvalue weighted by Gasteiger charge is -2.10. The van der Waals surface area contributed by atoms with Gasteiger partial charge in [0.15, 0.2) is 5.78 Å². The number of rotatable bonds is 6. The molecule has 0 saturated carbocycles. The molecule has 0 radical (unpaired) electrons. The summed E-state index contributed by atoms with van der Waals surface area (Å²) in [7, 11) is 1.57. The Morgan fingerprint density at radius 1 is 1.19 bits per heavy atom. The molecular formula is C16H14BrFO3. The summed E-state index contributed by atoms with van der Waals surface area (Å²) in [5.41, 5.74) is 0.675. The molecule has 0 saturated heterocycles. The van der Waals surface area contributed by atoms with Gasteiger partial charge in [-0.2, -0.15) is 0 Å². The monoisotopic (exact) mass is 352 g/mol. The highest BCUT2D eigenvalue weighted by atomic mass is 79.9. The third-order valence-corrected chi connectivity index (χ3v) is 3.50. The van der Waals surface area contributed by atoms with E-state index in [2.05, 4.69) is 15.9 Å². The van der Waals surface area contributed by atoms with E-state index in [1.54, 1.807) is 37.4 Å². The Morgan fingerprint density at radius 2 is 1.95 bits per heavy atom. The molecule has 5 heteroatoms. The quantitative estimate of drug-likeness (QED) is 0.585. The van der Waals surface area contributed by atoms with Crippen LogP contribution in [-0.2, 0) is 4.74 Å². The molecule has 0 amide bonds. The molecule has 2 aromatic carbocycles. The third-order valence-electron chi connectivity index (χ3n) is 2.86. The van der Waals surface area contributed by atoms with Gasteiger partial charge in [0, 0.05) is 12.7 Å². The van der Waals surface area contributed by atoms with E-state index >= 15 is 0 Å². The van der Waals surface area contributed by atoms with Crippen molar-refractivity contribution in [2.24, 2.45) is 0 Å². The normalized spacial score (nSPS) is 10.4. The van der Waals surface area contributed by atoms with Crippen molar-refractivity contribution < 1.29 is 18.7 Å². The summed E-state index contributed by atoms with van der Waals surface area (Å²) in [5.74, 6) is -0.295. The van der Waals surface area contributed by atoms with Crippen molar-refractivity contribution in [3.63, 3.8) is 0 Å². The highest BCUT2D eigenvalue weighted by Gasteiger charge is 2.15. The van der Waals surface area contributed by atoms with E-state index in [1.807, 2.05) is 0 Å². The fourth-order valence-electron chi connectivity index (χ4n) is 1.81. The second-order valence-electron chi connectivity index (χ2n) is 4.30. The Labute approximate surface area is 130 Å². The van der Waals surface area contributed by atoms with E-state index in [0.29, 0.717) is 29.0 Å². The molecule has 21 heavy (non-hydrogen) atoms. The van der Waals surface area contributed by atoms with Crippen molar-refractivity contribution >= 4 is 21.7 Å². The minimum atomic E-state index is -0.473. The number of hydrogen-bond acceptors (Lipinski definition) is 3. The zero-order valence-corrected chi connectivity index (χ0v) is 13.0. The first-order valence-electron chi connectivity index (χ1n) is 6.34. The number of para-hydroxylation sites is 1. The van der Waals surface area contributed by atoms with Gasteiger partial charge >= 0.3 is 0 Å². The van der Waals surface area contributed by atoms with Crippen LogP contribution in [0.1, 0.15) is 15.9 Å². The van der Waals surface area contributed by atoms with E-state index in [1.165, 1.54) is 12.1 Å². The molecule has 0 aliphatic rings. The maximum atomic E-state index is 13.6. The zero-order valence-electron chi connectivity index (χ0n) is 11.4. The smallest absolute Gasteiger partial charge is 0.196 e. The number of methoxy groups -OCH3 is 1. The van der Waals surface area contributed by atoms with Crippen LogP contribution in [0.3, 0.4) is 0 Å². The summed E-state index contributed by atoms with van der Waals surface area (Å²) < 4.78 is 24.3. The molecule has 0 aromatic heterocycles. The molecule has 2 rings (SSSR count). The summed E-state index contributed by atoms with van der Waals surface area (Å²) in [6.07, 6.45) is 0. The molecule has 0 aliphatic carbocycles. The summed E-state index contributed by atoms with van der Waals surface area (Å²) in [4.78, 5) is 12.5. The number of benzene rings is 2. The van der Waals surface area contributed by atoms with Crippen molar-refractivity contribution in [3.8, 4) is 5.75 Å². The second kappa shape index (κ2) is 7.33. The molecule has 0 N–H and O–H groups in total. The van der Waals surface area contributed by atoms with Gasteiger partial charge in [-0.25, -0.2) is 4.39 Å².